The highest BCUT2D eigenvalue weighted by Crippen LogP contribution is 2.09. The van der Waals surface area contributed by atoms with Crippen molar-refractivity contribution in [1.29, 1.82) is 0 Å². The van der Waals surface area contributed by atoms with Crippen molar-refractivity contribution in [3.63, 3.8) is 0 Å². The predicted octanol–water partition coefficient (Wildman–Crippen LogP) is 1.66. The van der Waals surface area contributed by atoms with Gasteiger partial charge in [0.2, 0.25) is 0 Å². The van der Waals surface area contributed by atoms with Crippen molar-refractivity contribution in [2.24, 2.45) is 0 Å². The number of carbonyl (C=O) groups is 3. The molecule has 0 aliphatic rings. The average molecular weight is 309 g/mol. The molecule has 0 aromatic heterocycles. The highest BCUT2D eigenvalue weighted by Gasteiger charge is 2.19. The van der Waals surface area contributed by atoms with E-state index in [0.717, 1.165) is 12.9 Å². The first-order chi connectivity index (χ1) is 10.5. The largest absolute Gasteiger partial charge is 0.494 e. The zero-order valence-corrected chi connectivity index (χ0v) is 12.5. The number of rotatable bonds is 7. The maximum Gasteiger partial charge on any atom is 0.413 e. The van der Waals surface area contributed by atoms with Crippen LogP contribution in [0.3, 0.4) is 0 Å². The molecule has 2 amide bonds. The van der Waals surface area contributed by atoms with E-state index in [1.165, 1.54) is 6.92 Å². The second kappa shape index (κ2) is 9.38. The van der Waals surface area contributed by atoms with Gasteiger partial charge in [-0.15, -0.1) is 0 Å². The summed E-state index contributed by atoms with van der Waals surface area (Å²) in [5.74, 6) is -0.549. The number of benzene rings is 1. The van der Waals surface area contributed by atoms with Gasteiger partial charge in [-0.1, -0.05) is 18.2 Å². The van der Waals surface area contributed by atoms with Gasteiger partial charge in [0.1, 0.15) is 5.75 Å². The Balaban J connectivity index is 2.20. The summed E-state index contributed by atoms with van der Waals surface area (Å²) in [5.41, 5.74) is 0. The third-order valence-corrected chi connectivity index (χ3v) is 2.63. The van der Waals surface area contributed by atoms with Crippen molar-refractivity contribution in [1.82, 2.24) is 5.32 Å². The lowest BCUT2D eigenvalue weighted by molar-refractivity contribution is -0.154. The quantitative estimate of drug-likeness (QED) is 0.608. The second-order valence-corrected chi connectivity index (χ2v) is 4.38. The van der Waals surface area contributed by atoms with Crippen molar-refractivity contribution in [2.75, 3.05) is 13.7 Å². The maximum atomic E-state index is 11.6. The fourth-order valence-corrected chi connectivity index (χ4v) is 1.49. The zero-order valence-electron chi connectivity index (χ0n) is 12.5. The van der Waals surface area contributed by atoms with Crippen LogP contribution in [0.4, 0.5) is 4.79 Å². The number of amides is 2. The van der Waals surface area contributed by atoms with Gasteiger partial charge in [0, 0.05) is 6.42 Å². The number of esters is 1. The first-order valence-electron chi connectivity index (χ1n) is 6.79. The summed E-state index contributed by atoms with van der Waals surface area (Å²) < 4.78 is 14.6. The SMILES string of the molecule is COC(=O)NC(=O)[C@@H](C)OC(=O)CCCOc1ccccc1. The molecule has 1 atom stereocenters. The molecule has 0 saturated carbocycles. The van der Waals surface area contributed by atoms with Crippen molar-refractivity contribution in [2.45, 2.75) is 25.9 Å². The lowest BCUT2D eigenvalue weighted by Gasteiger charge is -2.12. The summed E-state index contributed by atoms with van der Waals surface area (Å²) >= 11 is 0. The Morgan fingerprint density at radius 2 is 1.86 bits per heavy atom. The molecule has 22 heavy (non-hydrogen) atoms. The number of nitrogens with one attached hydrogen (secondary N) is 1. The highest BCUT2D eigenvalue weighted by atomic mass is 16.6. The highest BCUT2D eigenvalue weighted by molar-refractivity contribution is 5.94. The van der Waals surface area contributed by atoms with Gasteiger partial charge < -0.3 is 14.2 Å². The normalized spacial score (nSPS) is 11.2. The van der Waals surface area contributed by atoms with Crippen LogP contribution >= 0.6 is 0 Å². The predicted molar refractivity (Wildman–Crippen MR) is 77.3 cm³/mol. The Morgan fingerprint density at radius 1 is 1.18 bits per heavy atom. The molecular weight excluding hydrogens is 290 g/mol. The molecule has 1 aromatic rings. The van der Waals surface area contributed by atoms with Crippen LogP contribution in [0.2, 0.25) is 0 Å². The van der Waals surface area contributed by atoms with E-state index >= 15 is 0 Å². The third kappa shape index (κ3) is 6.74. The number of para-hydroxylation sites is 1. The molecule has 7 nitrogen and oxygen atoms in total. The molecule has 0 unspecified atom stereocenters. The van der Waals surface area contributed by atoms with Gasteiger partial charge in [-0.3, -0.25) is 14.9 Å². The summed E-state index contributed by atoms with van der Waals surface area (Å²) in [7, 11) is 1.13. The van der Waals surface area contributed by atoms with Gasteiger partial charge in [0.05, 0.1) is 13.7 Å². The minimum absolute atomic E-state index is 0.114. The molecule has 0 aliphatic heterocycles. The van der Waals surface area contributed by atoms with Crippen LogP contribution in [-0.2, 0) is 19.1 Å². The zero-order chi connectivity index (χ0) is 16.4. The molecule has 0 spiro atoms. The van der Waals surface area contributed by atoms with E-state index in [1.54, 1.807) is 0 Å². The topological polar surface area (TPSA) is 90.9 Å². The average Bonchev–Trinajstić information content (AvgIpc) is 2.52. The number of methoxy groups -OCH3 is 1. The van der Waals surface area contributed by atoms with Gasteiger partial charge in [-0.25, -0.2) is 4.79 Å². The van der Waals surface area contributed by atoms with E-state index in [0.29, 0.717) is 13.0 Å². The van der Waals surface area contributed by atoms with Gasteiger partial charge in [-0.05, 0) is 25.5 Å². The molecule has 0 radical (unpaired) electrons. The summed E-state index contributed by atoms with van der Waals surface area (Å²) in [6.07, 6.45) is -1.40. The van der Waals surface area contributed by atoms with Gasteiger partial charge in [0.25, 0.3) is 5.91 Å². The molecule has 0 bridgehead atoms. The van der Waals surface area contributed by atoms with Crippen molar-refractivity contribution in [3.8, 4) is 5.75 Å². The number of hydrogen-bond acceptors (Lipinski definition) is 6. The van der Waals surface area contributed by atoms with Crippen LogP contribution in [0.25, 0.3) is 0 Å². The van der Waals surface area contributed by atoms with Gasteiger partial charge in [0.15, 0.2) is 6.10 Å². The van der Waals surface area contributed by atoms with E-state index in [-0.39, 0.29) is 6.42 Å². The molecule has 1 rings (SSSR count). The number of ether oxygens (including phenoxy) is 3. The summed E-state index contributed by atoms with van der Waals surface area (Å²) in [5, 5.41) is 1.92. The van der Waals surface area contributed by atoms with Crippen molar-refractivity contribution >= 4 is 18.0 Å². The van der Waals surface area contributed by atoms with Crippen LogP contribution in [0, 0.1) is 0 Å². The molecule has 1 N–H and O–H groups in total. The first-order valence-corrected chi connectivity index (χ1v) is 6.79. The third-order valence-electron chi connectivity index (χ3n) is 2.63. The summed E-state index contributed by atoms with van der Waals surface area (Å²) in [4.78, 5) is 33.8. The van der Waals surface area contributed by atoms with Crippen LogP contribution in [0.1, 0.15) is 19.8 Å². The lowest BCUT2D eigenvalue weighted by Crippen LogP contribution is -2.39. The minimum Gasteiger partial charge on any atom is -0.494 e. The molecule has 0 fully saturated rings. The molecule has 120 valence electrons. The van der Waals surface area contributed by atoms with Gasteiger partial charge in [-0.2, -0.15) is 0 Å². The van der Waals surface area contributed by atoms with Crippen LogP contribution in [0.15, 0.2) is 30.3 Å². The van der Waals surface area contributed by atoms with Crippen LogP contribution in [0.5, 0.6) is 5.75 Å². The van der Waals surface area contributed by atoms with Crippen molar-refractivity contribution in [3.05, 3.63) is 30.3 Å². The van der Waals surface area contributed by atoms with E-state index in [4.69, 9.17) is 9.47 Å². The number of alkyl carbamates (subject to hydrolysis) is 1. The van der Waals surface area contributed by atoms with E-state index in [9.17, 15) is 14.4 Å². The standard InChI is InChI=1S/C15H19NO6/c1-11(14(18)16-15(19)20-2)22-13(17)9-6-10-21-12-7-4-3-5-8-12/h3-5,7-8,11H,6,9-10H2,1-2H3,(H,16,18,19)/t11-/m1/s1. The number of imide groups is 1. The molecular formula is C15H19NO6. The first kappa shape index (κ1) is 17.5. The fraction of sp³-hybridized carbons (Fsp3) is 0.400. The van der Waals surface area contributed by atoms with Crippen molar-refractivity contribution < 1.29 is 28.6 Å². The number of carbonyl (C=O) groups excluding carboxylic acids is 3. The Kier molecular flexibility index (Phi) is 7.45. The minimum atomic E-state index is -1.07. The van der Waals surface area contributed by atoms with Crippen LogP contribution < -0.4 is 10.1 Å². The smallest absolute Gasteiger partial charge is 0.413 e. The number of hydrogen-bond donors (Lipinski definition) is 1. The molecule has 1 aromatic carbocycles. The molecule has 0 saturated heterocycles. The molecule has 0 heterocycles. The monoisotopic (exact) mass is 309 g/mol. The fourth-order valence-electron chi connectivity index (χ4n) is 1.49. The Morgan fingerprint density at radius 3 is 2.50 bits per heavy atom. The second-order valence-electron chi connectivity index (χ2n) is 4.38. The Hall–Kier alpha value is -2.57. The molecule has 7 heteroatoms. The Bertz CT molecular complexity index is 502. The maximum absolute atomic E-state index is 11.6. The van der Waals surface area contributed by atoms with Crippen LogP contribution in [-0.4, -0.2) is 37.8 Å². The Labute approximate surface area is 128 Å². The van der Waals surface area contributed by atoms with E-state index in [1.807, 2.05) is 35.6 Å². The van der Waals surface area contributed by atoms with Gasteiger partial charge >= 0.3 is 12.1 Å². The summed E-state index contributed by atoms with van der Waals surface area (Å²) in [6.45, 7) is 1.73. The van der Waals surface area contributed by atoms with E-state index in [2.05, 4.69) is 4.74 Å². The summed E-state index contributed by atoms with van der Waals surface area (Å²) in [6, 6.07) is 9.22. The van der Waals surface area contributed by atoms with E-state index < -0.39 is 24.1 Å². The lowest BCUT2D eigenvalue weighted by atomic mass is 10.3. The molecule has 0 aliphatic carbocycles.